The van der Waals surface area contributed by atoms with Crippen LogP contribution >= 0.6 is 15.9 Å². The van der Waals surface area contributed by atoms with Crippen LogP contribution in [-0.4, -0.2) is 41.5 Å². The minimum absolute atomic E-state index is 0.0434. The molecule has 1 aromatic rings. The smallest absolute Gasteiger partial charge is 0.325 e. The predicted molar refractivity (Wildman–Crippen MR) is 74.8 cm³/mol. The highest BCUT2D eigenvalue weighted by molar-refractivity contribution is 9.10. The summed E-state index contributed by atoms with van der Waals surface area (Å²) in [6.45, 7) is 4.44. The van der Waals surface area contributed by atoms with Crippen LogP contribution in [0.15, 0.2) is 22.8 Å². The lowest BCUT2D eigenvalue weighted by Gasteiger charge is -2.20. The van der Waals surface area contributed by atoms with Crippen molar-refractivity contribution in [1.29, 1.82) is 0 Å². The van der Waals surface area contributed by atoms with E-state index in [1.165, 1.54) is 4.90 Å². The van der Waals surface area contributed by atoms with E-state index in [-0.39, 0.29) is 12.5 Å². The number of hydrogen-bond donors (Lipinski definition) is 0. The lowest BCUT2D eigenvalue weighted by atomic mass is 10.3. The second-order valence-electron chi connectivity index (χ2n) is 3.89. The molecule has 0 N–H and O–H groups in total. The van der Waals surface area contributed by atoms with Gasteiger partial charge in [-0.3, -0.25) is 9.59 Å². The number of esters is 1. The normalized spacial score (nSPS) is 10.1. The van der Waals surface area contributed by atoms with E-state index in [1.54, 1.807) is 25.3 Å². The average molecular weight is 329 g/mol. The van der Waals surface area contributed by atoms with Gasteiger partial charge in [0, 0.05) is 17.2 Å². The molecule has 0 fully saturated rings. The zero-order valence-electron chi connectivity index (χ0n) is 11.1. The van der Waals surface area contributed by atoms with E-state index in [0.717, 1.165) is 10.9 Å². The van der Waals surface area contributed by atoms with Crippen molar-refractivity contribution in [2.75, 3.05) is 19.7 Å². The van der Waals surface area contributed by atoms with Crippen LogP contribution in [0.4, 0.5) is 0 Å². The van der Waals surface area contributed by atoms with Gasteiger partial charge >= 0.3 is 5.97 Å². The molecule has 0 saturated carbocycles. The summed E-state index contributed by atoms with van der Waals surface area (Å²) in [7, 11) is 0. The summed E-state index contributed by atoms with van der Waals surface area (Å²) in [6.07, 6.45) is 2.32. The Morgan fingerprint density at radius 2 is 2.11 bits per heavy atom. The molecular weight excluding hydrogens is 312 g/mol. The number of halogens is 1. The molecule has 0 aliphatic rings. The van der Waals surface area contributed by atoms with Crippen LogP contribution in [0.3, 0.4) is 0 Å². The number of nitrogens with zero attached hydrogens (tertiary/aromatic N) is 2. The van der Waals surface area contributed by atoms with Crippen molar-refractivity contribution < 1.29 is 14.3 Å². The third kappa shape index (κ3) is 4.98. The average Bonchev–Trinajstić information content (AvgIpc) is 2.38. The molecule has 104 valence electrons. The second-order valence-corrected chi connectivity index (χ2v) is 4.81. The van der Waals surface area contributed by atoms with E-state index in [2.05, 4.69) is 20.9 Å². The number of aromatic nitrogens is 1. The maximum absolute atomic E-state index is 12.2. The fourth-order valence-electron chi connectivity index (χ4n) is 1.55. The standard InChI is InChI=1S/C13H17BrN2O3/c1-3-7-16(9-12(17)19-4-2)13(18)11-6-5-10(14)8-15-11/h5-6,8H,3-4,7,9H2,1-2H3. The van der Waals surface area contributed by atoms with Crippen molar-refractivity contribution in [2.24, 2.45) is 0 Å². The van der Waals surface area contributed by atoms with Crippen molar-refractivity contribution in [3.63, 3.8) is 0 Å². The van der Waals surface area contributed by atoms with Crippen LogP contribution in [0.2, 0.25) is 0 Å². The molecule has 6 heteroatoms. The number of carbonyl (C=O) groups excluding carboxylic acids is 2. The Hall–Kier alpha value is -1.43. The zero-order chi connectivity index (χ0) is 14.3. The van der Waals surface area contributed by atoms with E-state index in [0.29, 0.717) is 18.8 Å². The molecule has 0 aliphatic carbocycles. The number of rotatable bonds is 6. The quantitative estimate of drug-likeness (QED) is 0.751. The van der Waals surface area contributed by atoms with Crippen LogP contribution in [-0.2, 0) is 9.53 Å². The fraction of sp³-hybridized carbons (Fsp3) is 0.462. The van der Waals surface area contributed by atoms with Crippen LogP contribution < -0.4 is 0 Å². The Bertz CT molecular complexity index is 434. The Labute approximate surface area is 121 Å². The molecular formula is C13H17BrN2O3. The molecule has 0 unspecified atom stereocenters. The third-order valence-electron chi connectivity index (χ3n) is 2.35. The van der Waals surface area contributed by atoms with Crippen LogP contribution in [0.25, 0.3) is 0 Å². The van der Waals surface area contributed by atoms with Crippen molar-refractivity contribution in [1.82, 2.24) is 9.88 Å². The highest BCUT2D eigenvalue weighted by Crippen LogP contribution is 2.09. The predicted octanol–water partition coefficient (Wildman–Crippen LogP) is 2.26. The summed E-state index contributed by atoms with van der Waals surface area (Å²) in [4.78, 5) is 29.2. The van der Waals surface area contributed by atoms with E-state index in [9.17, 15) is 9.59 Å². The molecule has 19 heavy (non-hydrogen) atoms. The van der Waals surface area contributed by atoms with Gasteiger partial charge in [0.05, 0.1) is 6.61 Å². The molecule has 0 aromatic carbocycles. The van der Waals surface area contributed by atoms with Gasteiger partial charge < -0.3 is 9.64 Å². The first-order valence-corrected chi connectivity index (χ1v) is 6.94. The molecule has 5 nitrogen and oxygen atoms in total. The molecule has 0 aliphatic heterocycles. The number of carbonyl (C=O) groups is 2. The van der Waals surface area contributed by atoms with Gasteiger partial charge in [0.25, 0.3) is 5.91 Å². The minimum atomic E-state index is -0.401. The SMILES string of the molecule is CCCN(CC(=O)OCC)C(=O)c1ccc(Br)cn1. The first-order valence-electron chi connectivity index (χ1n) is 6.15. The summed E-state index contributed by atoms with van der Waals surface area (Å²) in [5.74, 6) is -0.663. The highest BCUT2D eigenvalue weighted by Gasteiger charge is 2.19. The Morgan fingerprint density at radius 3 is 2.63 bits per heavy atom. The Balaban J connectivity index is 2.77. The van der Waals surface area contributed by atoms with Crippen molar-refractivity contribution >= 4 is 27.8 Å². The van der Waals surface area contributed by atoms with Crippen molar-refractivity contribution in [3.8, 4) is 0 Å². The van der Waals surface area contributed by atoms with Gasteiger partial charge in [-0.2, -0.15) is 0 Å². The van der Waals surface area contributed by atoms with E-state index in [1.807, 2.05) is 6.92 Å². The number of amides is 1. The number of ether oxygens (including phenoxy) is 1. The third-order valence-corrected chi connectivity index (χ3v) is 2.82. The number of pyridine rings is 1. The Morgan fingerprint density at radius 1 is 1.37 bits per heavy atom. The summed E-state index contributed by atoms with van der Waals surface area (Å²) in [6, 6.07) is 3.37. The summed E-state index contributed by atoms with van der Waals surface area (Å²) >= 11 is 3.26. The van der Waals surface area contributed by atoms with Crippen LogP contribution in [0.5, 0.6) is 0 Å². The minimum Gasteiger partial charge on any atom is -0.465 e. The molecule has 1 aromatic heterocycles. The van der Waals surface area contributed by atoms with Gasteiger partial charge in [-0.15, -0.1) is 0 Å². The van der Waals surface area contributed by atoms with E-state index < -0.39 is 5.97 Å². The summed E-state index contributed by atoms with van der Waals surface area (Å²) < 4.78 is 5.67. The van der Waals surface area contributed by atoms with Crippen molar-refractivity contribution in [3.05, 3.63) is 28.5 Å². The van der Waals surface area contributed by atoms with Gasteiger partial charge in [0.15, 0.2) is 0 Å². The van der Waals surface area contributed by atoms with E-state index in [4.69, 9.17) is 4.74 Å². The molecule has 0 radical (unpaired) electrons. The van der Waals surface area contributed by atoms with Gasteiger partial charge in [-0.25, -0.2) is 4.98 Å². The first kappa shape index (κ1) is 15.6. The lowest BCUT2D eigenvalue weighted by Crippen LogP contribution is -2.37. The maximum Gasteiger partial charge on any atom is 0.325 e. The largest absolute Gasteiger partial charge is 0.465 e. The lowest BCUT2D eigenvalue weighted by molar-refractivity contribution is -0.143. The fourth-order valence-corrected chi connectivity index (χ4v) is 1.78. The second kappa shape index (κ2) is 7.89. The molecule has 0 bridgehead atoms. The topological polar surface area (TPSA) is 59.5 Å². The summed E-state index contributed by atoms with van der Waals surface area (Å²) in [5.41, 5.74) is 0.320. The molecule has 0 spiro atoms. The van der Waals surface area contributed by atoms with Gasteiger partial charge in [-0.05, 0) is 41.4 Å². The highest BCUT2D eigenvalue weighted by atomic mass is 79.9. The zero-order valence-corrected chi connectivity index (χ0v) is 12.6. The first-order chi connectivity index (χ1) is 9.08. The van der Waals surface area contributed by atoms with E-state index >= 15 is 0 Å². The molecule has 0 saturated heterocycles. The molecule has 0 atom stereocenters. The van der Waals surface area contributed by atoms with Gasteiger partial charge in [-0.1, -0.05) is 6.92 Å². The molecule has 1 heterocycles. The van der Waals surface area contributed by atoms with Crippen LogP contribution in [0.1, 0.15) is 30.8 Å². The van der Waals surface area contributed by atoms with Gasteiger partial charge in [0.1, 0.15) is 12.2 Å². The maximum atomic E-state index is 12.2. The molecule has 1 amide bonds. The monoisotopic (exact) mass is 328 g/mol. The molecule has 1 rings (SSSR count). The van der Waals surface area contributed by atoms with Crippen molar-refractivity contribution in [2.45, 2.75) is 20.3 Å². The van der Waals surface area contributed by atoms with Crippen LogP contribution in [0, 0.1) is 0 Å². The van der Waals surface area contributed by atoms with Gasteiger partial charge in [0.2, 0.25) is 0 Å². The Kier molecular flexibility index (Phi) is 6.49. The summed E-state index contributed by atoms with van der Waals surface area (Å²) in [5, 5.41) is 0. The number of hydrogen-bond acceptors (Lipinski definition) is 4.